The van der Waals surface area contributed by atoms with Gasteiger partial charge in [-0.2, -0.15) is 0 Å². The first-order valence-electron chi connectivity index (χ1n) is 9.30. The van der Waals surface area contributed by atoms with E-state index in [1.807, 2.05) is 49.4 Å². The van der Waals surface area contributed by atoms with Crippen LogP contribution in [-0.4, -0.2) is 18.0 Å². The number of methoxy groups -OCH3 is 1. The summed E-state index contributed by atoms with van der Waals surface area (Å²) >= 11 is 0. The highest BCUT2D eigenvalue weighted by Crippen LogP contribution is 2.24. The van der Waals surface area contributed by atoms with E-state index in [0.717, 1.165) is 21.9 Å². The molecular formula is C23H20N2O4. The van der Waals surface area contributed by atoms with Crippen LogP contribution in [0.25, 0.3) is 21.9 Å². The van der Waals surface area contributed by atoms with Crippen molar-refractivity contribution in [2.45, 2.75) is 19.8 Å². The van der Waals surface area contributed by atoms with E-state index in [0.29, 0.717) is 29.0 Å². The zero-order valence-electron chi connectivity index (χ0n) is 16.2. The molecule has 1 amide bonds. The van der Waals surface area contributed by atoms with Crippen LogP contribution in [-0.2, 0) is 11.2 Å². The monoisotopic (exact) mass is 388 g/mol. The predicted molar refractivity (Wildman–Crippen MR) is 112 cm³/mol. The first-order chi connectivity index (χ1) is 14.0. The number of carbonyl (C=O) groups is 1. The third-order valence-corrected chi connectivity index (χ3v) is 4.97. The van der Waals surface area contributed by atoms with Gasteiger partial charge in [0.1, 0.15) is 11.3 Å². The Labute approximate surface area is 167 Å². The van der Waals surface area contributed by atoms with Crippen LogP contribution >= 0.6 is 0 Å². The maximum atomic E-state index is 12.4. The molecule has 6 nitrogen and oxygen atoms in total. The van der Waals surface area contributed by atoms with E-state index >= 15 is 0 Å². The molecule has 0 aliphatic carbocycles. The van der Waals surface area contributed by atoms with Crippen molar-refractivity contribution in [3.05, 3.63) is 76.3 Å². The number of anilines is 1. The lowest BCUT2D eigenvalue weighted by Gasteiger charge is -2.09. The van der Waals surface area contributed by atoms with Crippen LogP contribution in [0.3, 0.4) is 0 Å². The minimum absolute atomic E-state index is 0.167. The number of para-hydroxylation sites is 1. The van der Waals surface area contributed by atoms with Crippen LogP contribution in [0.4, 0.5) is 5.69 Å². The number of nitrogens with zero attached hydrogens (tertiary/aromatic N) is 1. The number of aromatic nitrogens is 1. The normalized spacial score (nSPS) is 11.0. The lowest BCUT2D eigenvalue weighted by molar-refractivity contribution is -0.116. The number of benzene rings is 2. The van der Waals surface area contributed by atoms with Gasteiger partial charge >= 0.3 is 5.63 Å². The van der Waals surface area contributed by atoms with E-state index in [9.17, 15) is 9.59 Å². The Hall–Kier alpha value is -3.67. The zero-order valence-corrected chi connectivity index (χ0v) is 16.2. The Bertz CT molecular complexity index is 1280. The molecule has 2 aromatic heterocycles. The average Bonchev–Trinajstić information content (AvgIpc) is 2.73. The van der Waals surface area contributed by atoms with E-state index < -0.39 is 5.63 Å². The molecule has 0 atom stereocenters. The third kappa shape index (κ3) is 3.82. The fraction of sp³-hybridized carbons (Fsp3) is 0.174. The van der Waals surface area contributed by atoms with Crippen molar-refractivity contribution < 1.29 is 13.9 Å². The van der Waals surface area contributed by atoms with Gasteiger partial charge in [-0.1, -0.05) is 18.2 Å². The van der Waals surface area contributed by atoms with Crippen LogP contribution in [0.15, 0.2) is 63.9 Å². The molecule has 4 aromatic rings. The highest BCUT2D eigenvalue weighted by Gasteiger charge is 2.14. The highest BCUT2D eigenvalue weighted by atomic mass is 16.5. The van der Waals surface area contributed by atoms with Gasteiger partial charge in [0, 0.05) is 28.8 Å². The lowest BCUT2D eigenvalue weighted by Crippen LogP contribution is -2.16. The van der Waals surface area contributed by atoms with Gasteiger partial charge in [0.25, 0.3) is 0 Å². The van der Waals surface area contributed by atoms with E-state index in [2.05, 4.69) is 10.3 Å². The molecule has 0 unspecified atom stereocenters. The van der Waals surface area contributed by atoms with Crippen LogP contribution in [0.1, 0.15) is 17.5 Å². The average molecular weight is 388 g/mol. The number of aryl methyl sites for hydroxylation is 1. The molecule has 2 aromatic carbocycles. The molecule has 0 spiro atoms. The molecule has 0 aliphatic rings. The van der Waals surface area contributed by atoms with Gasteiger partial charge in [-0.3, -0.25) is 9.78 Å². The first kappa shape index (κ1) is 18.7. The second-order valence-corrected chi connectivity index (χ2v) is 6.82. The Kier molecular flexibility index (Phi) is 4.99. The van der Waals surface area contributed by atoms with Crippen molar-refractivity contribution >= 4 is 33.5 Å². The van der Waals surface area contributed by atoms with Crippen molar-refractivity contribution in [2.24, 2.45) is 0 Å². The Morgan fingerprint density at radius 2 is 2.00 bits per heavy atom. The Morgan fingerprint density at radius 3 is 2.83 bits per heavy atom. The van der Waals surface area contributed by atoms with Gasteiger partial charge in [-0.05, 0) is 43.2 Å². The third-order valence-electron chi connectivity index (χ3n) is 4.97. The van der Waals surface area contributed by atoms with E-state index in [-0.39, 0.29) is 12.3 Å². The zero-order chi connectivity index (χ0) is 20.4. The number of carbonyl (C=O) groups excluding carboxylic acids is 1. The van der Waals surface area contributed by atoms with Gasteiger partial charge in [0.05, 0.1) is 24.5 Å². The molecule has 0 saturated heterocycles. The minimum atomic E-state index is -0.427. The highest BCUT2D eigenvalue weighted by molar-refractivity contribution is 5.93. The maximum Gasteiger partial charge on any atom is 0.339 e. The molecule has 29 heavy (non-hydrogen) atoms. The molecule has 0 radical (unpaired) electrons. The summed E-state index contributed by atoms with van der Waals surface area (Å²) < 4.78 is 10.6. The molecule has 1 N–H and O–H groups in total. The van der Waals surface area contributed by atoms with Crippen molar-refractivity contribution in [3.8, 4) is 5.75 Å². The van der Waals surface area contributed by atoms with Gasteiger partial charge in [-0.15, -0.1) is 0 Å². The summed E-state index contributed by atoms with van der Waals surface area (Å²) in [6.45, 7) is 1.87. The summed E-state index contributed by atoms with van der Waals surface area (Å²) in [5.74, 6) is 0.437. The summed E-state index contributed by atoms with van der Waals surface area (Å²) in [6.07, 6.45) is 2.09. The fourth-order valence-electron chi connectivity index (χ4n) is 3.39. The molecule has 0 bridgehead atoms. The van der Waals surface area contributed by atoms with E-state index in [1.54, 1.807) is 19.4 Å². The number of rotatable bonds is 5. The van der Waals surface area contributed by atoms with E-state index in [4.69, 9.17) is 9.15 Å². The number of hydrogen-bond acceptors (Lipinski definition) is 5. The van der Waals surface area contributed by atoms with Gasteiger partial charge in [-0.25, -0.2) is 4.79 Å². The quantitative estimate of drug-likeness (QED) is 0.518. The smallest absolute Gasteiger partial charge is 0.339 e. The number of ether oxygens (including phenoxy) is 1. The molecular weight excluding hydrogens is 368 g/mol. The van der Waals surface area contributed by atoms with Gasteiger partial charge in [0.15, 0.2) is 0 Å². The van der Waals surface area contributed by atoms with Crippen LogP contribution in [0, 0.1) is 6.92 Å². The van der Waals surface area contributed by atoms with Gasteiger partial charge in [0.2, 0.25) is 5.91 Å². The number of nitrogens with one attached hydrogen (secondary N) is 1. The number of pyridine rings is 1. The molecule has 146 valence electrons. The molecule has 2 heterocycles. The maximum absolute atomic E-state index is 12.4. The summed E-state index contributed by atoms with van der Waals surface area (Å²) in [7, 11) is 1.56. The second kappa shape index (κ2) is 7.75. The molecule has 4 rings (SSSR count). The minimum Gasteiger partial charge on any atom is -0.497 e. The summed E-state index contributed by atoms with van der Waals surface area (Å²) in [6, 6.07) is 14.9. The second-order valence-electron chi connectivity index (χ2n) is 6.82. The SMILES string of the molecule is COc1ccc2c(C)c(CCC(=O)Nc3cnc4ccccc4c3)c(=O)oc2c1. The van der Waals surface area contributed by atoms with Crippen molar-refractivity contribution in [1.29, 1.82) is 0 Å². The largest absolute Gasteiger partial charge is 0.497 e. The first-order valence-corrected chi connectivity index (χ1v) is 9.30. The molecule has 0 saturated carbocycles. The molecule has 6 heteroatoms. The van der Waals surface area contributed by atoms with Crippen molar-refractivity contribution in [2.75, 3.05) is 12.4 Å². The van der Waals surface area contributed by atoms with Gasteiger partial charge < -0.3 is 14.5 Å². The van der Waals surface area contributed by atoms with E-state index in [1.165, 1.54) is 0 Å². The van der Waals surface area contributed by atoms with Crippen molar-refractivity contribution in [3.63, 3.8) is 0 Å². The lowest BCUT2D eigenvalue weighted by atomic mass is 10.0. The molecule has 0 aliphatic heterocycles. The summed E-state index contributed by atoms with van der Waals surface area (Å²) in [5, 5.41) is 4.63. The fourth-order valence-corrected chi connectivity index (χ4v) is 3.39. The standard InChI is InChI=1S/C23H20N2O4/c1-14-18-8-7-17(28-2)12-21(18)29-23(27)19(14)9-10-22(26)25-16-11-15-5-3-4-6-20(15)24-13-16/h3-8,11-13H,9-10H2,1-2H3,(H,25,26). The predicted octanol–water partition coefficient (Wildman–Crippen LogP) is 4.23. The van der Waals surface area contributed by atoms with Crippen LogP contribution in [0.5, 0.6) is 5.75 Å². The molecule has 0 fully saturated rings. The topological polar surface area (TPSA) is 81.4 Å². The van der Waals surface area contributed by atoms with Crippen LogP contribution < -0.4 is 15.7 Å². The Morgan fingerprint density at radius 1 is 1.17 bits per heavy atom. The number of fused-ring (bicyclic) bond motifs is 2. The Balaban J connectivity index is 1.51. The summed E-state index contributed by atoms with van der Waals surface area (Å²) in [5.41, 5.74) is 2.87. The van der Waals surface area contributed by atoms with Crippen molar-refractivity contribution in [1.82, 2.24) is 4.98 Å². The number of amides is 1. The van der Waals surface area contributed by atoms with Crippen LogP contribution in [0.2, 0.25) is 0 Å². The summed E-state index contributed by atoms with van der Waals surface area (Å²) in [4.78, 5) is 29.2. The number of hydrogen-bond donors (Lipinski definition) is 1.